The highest BCUT2D eigenvalue weighted by atomic mass is 127. The number of ether oxygens (including phenoxy) is 1. The van der Waals surface area contributed by atoms with Gasteiger partial charge < -0.3 is 15.4 Å². The van der Waals surface area contributed by atoms with Gasteiger partial charge in [0.05, 0.1) is 5.56 Å². The maximum Gasteiger partial charge on any atom is 0.262 e. The highest BCUT2D eigenvalue weighted by molar-refractivity contribution is 14.1. The molecule has 0 fully saturated rings. The van der Waals surface area contributed by atoms with E-state index in [1.54, 1.807) is 36.4 Å². The Labute approximate surface area is 184 Å². The zero-order valence-corrected chi connectivity index (χ0v) is 18.4. The highest BCUT2D eigenvalue weighted by Gasteiger charge is 2.14. The number of hydrogen-bond acceptors (Lipinski definition) is 3. The second-order valence-corrected chi connectivity index (χ2v) is 7.96. The predicted octanol–water partition coefficient (Wildman–Crippen LogP) is 5.32. The number of anilines is 2. The molecule has 0 heterocycles. The van der Waals surface area contributed by atoms with Gasteiger partial charge in [-0.05, 0) is 83.3 Å². The van der Waals surface area contributed by atoms with Gasteiger partial charge in [-0.3, -0.25) is 9.59 Å². The molecule has 0 aromatic heterocycles. The van der Waals surface area contributed by atoms with Crippen molar-refractivity contribution in [3.63, 3.8) is 0 Å². The number of carbonyl (C=O) groups is 2. The molecule has 5 nitrogen and oxygen atoms in total. The molecule has 0 saturated carbocycles. The molecule has 0 atom stereocenters. The molecule has 0 aliphatic carbocycles. The Kier molecular flexibility index (Phi) is 7.05. The van der Waals surface area contributed by atoms with Gasteiger partial charge in [0.25, 0.3) is 11.8 Å². The van der Waals surface area contributed by atoms with Gasteiger partial charge in [0.1, 0.15) is 5.75 Å². The Morgan fingerprint density at radius 2 is 1.46 bits per heavy atom. The van der Waals surface area contributed by atoms with E-state index in [1.165, 1.54) is 0 Å². The highest BCUT2D eigenvalue weighted by Crippen LogP contribution is 2.20. The van der Waals surface area contributed by atoms with E-state index in [4.69, 9.17) is 4.74 Å². The summed E-state index contributed by atoms with van der Waals surface area (Å²) in [6.07, 6.45) is 0. The Bertz CT molecular complexity index is 976. The topological polar surface area (TPSA) is 67.4 Å². The molecule has 2 N–H and O–H groups in total. The first-order valence-corrected chi connectivity index (χ1v) is 10.2. The van der Waals surface area contributed by atoms with Crippen LogP contribution in [-0.2, 0) is 4.79 Å². The van der Waals surface area contributed by atoms with Crippen LogP contribution >= 0.6 is 38.5 Å². The molecule has 0 radical (unpaired) electrons. The molecule has 0 aliphatic heterocycles. The summed E-state index contributed by atoms with van der Waals surface area (Å²) in [5.74, 6) is -0.267. The second kappa shape index (κ2) is 9.70. The molecule has 3 rings (SSSR count). The van der Waals surface area contributed by atoms with E-state index in [0.717, 1.165) is 8.04 Å². The minimum absolute atomic E-state index is 0.204. The molecule has 7 heteroatoms. The lowest BCUT2D eigenvalue weighted by Crippen LogP contribution is -2.21. The van der Waals surface area contributed by atoms with Gasteiger partial charge in [-0.15, -0.1) is 0 Å². The predicted molar refractivity (Wildman–Crippen MR) is 122 cm³/mol. The van der Waals surface area contributed by atoms with Crippen molar-refractivity contribution in [3.05, 3.63) is 86.4 Å². The number of para-hydroxylation sites is 1. The van der Waals surface area contributed by atoms with Crippen LogP contribution in [0.4, 0.5) is 11.4 Å². The number of halogens is 2. The van der Waals surface area contributed by atoms with Crippen LogP contribution in [0.15, 0.2) is 77.3 Å². The van der Waals surface area contributed by atoms with Crippen LogP contribution < -0.4 is 15.4 Å². The first-order valence-electron chi connectivity index (χ1n) is 8.35. The maximum atomic E-state index is 12.6. The Balaban J connectivity index is 1.63. The van der Waals surface area contributed by atoms with Crippen LogP contribution in [0.5, 0.6) is 5.75 Å². The molecular weight excluding hydrogens is 535 g/mol. The molecule has 28 heavy (non-hydrogen) atoms. The van der Waals surface area contributed by atoms with E-state index in [2.05, 4.69) is 49.2 Å². The summed E-state index contributed by atoms with van der Waals surface area (Å²) in [7, 11) is 0. The lowest BCUT2D eigenvalue weighted by Gasteiger charge is -2.12. The first-order chi connectivity index (χ1) is 13.5. The summed E-state index contributed by atoms with van der Waals surface area (Å²) in [6, 6.07) is 21.5. The Hall–Kier alpha value is -2.39. The molecule has 0 saturated heterocycles. The van der Waals surface area contributed by atoms with E-state index in [1.807, 2.05) is 36.4 Å². The SMILES string of the molecule is O=C(COc1ccccc1C(=O)Nc1ccc(I)cc1)Nc1ccc(Br)cc1. The molecule has 142 valence electrons. The van der Waals surface area contributed by atoms with Gasteiger partial charge in [-0.25, -0.2) is 0 Å². The normalized spacial score (nSPS) is 10.2. The number of nitrogens with one attached hydrogen (secondary N) is 2. The van der Waals surface area contributed by atoms with Crippen molar-refractivity contribution >= 4 is 61.7 Å². The van der Waals surface area contributed by atoms with Crippen molar-refractivity contribution in [1.82, 2.24) is 0 Å². The van der Waals surface area contributed by atoms with Crippen LogP contribution in [0.2, 0.25) is 0 Å². The Morgan fingerprint density at radius 1 is 0.857 bits per heavy atom. The van der Waals surface area contributed by atoms with E-state index >= 15 is 0 Å². The average Bonchev–Trinajstić information content (AvgIpc) is 2.70. The van der Waals surface area contributed by atoms with Gasteiger partial charge in [0, 0.05) is 19.4 Å². The molecular formula is C21H16BrIN2O3. The van der Waals surface area contributed by atoms with E-state index in [-0.39, 0.29) is 18.4 Å². The van der Waals surface area contributed by atoms with Gasteiger partial charge in [0.15, 0.2) is 6.61 Å². The van der Waals surface area contributed by atoms with Crippen LogP contribution in [0.1, 0.15) is 10.4 Å². The van der Waals surface area contributed by atoms with E-state index in [0.29, 0.717) is 22.7 Å². The Morgan fingerprint density at radius 3 is 2.18 bits per heavy atom. The molecule has 0 unspecified atom stereocenters. The average molecular weight is 551 g/mol. The molecule has 3 aromatic carbocycles. The quantitative estimate of drug-likeness (QED) is 0.408. The van der Waals surface area contributed by atoms with Crippen LogP contribution in [0.25, 0.3) is 0 Å². The second-order valence-electron chi connectivity index (χ2n) is 5.80. The fraction of sp³-hybridized carbons (Fsp3) is 0.0476. The van der Waals surface area contributed by atoms with Gasteiger partial charge >= 0.3 is 0 Å². The largest absolute Gasteiger partial charge is 0.483 e. The van der Waals surface area contributed by atoms with Crippen molar-refractivity contribution in [2.75, 3.05) is 17.2 Å². The van der Waals surface area contributed by atoms with Crippen molar-refractivity contribution in [2.24, 2.45) is 0 Å². The van der Waals surface area contributed by atoms with Crippen LogP contribution in [-0.4, -0.2) is 18.4 Å². The standard InChI is InChI=1S/C21H16BrIN2O3/c22-14-5-9-16(10-6-14)24-20(26)13-28-19-4-2-1-3-18(19)21(27)25-17-11-7-15(23)8-12-17/h1-12H,13H2,(H,24,26)(H,25,27). The number of carbonyl (C=O) groups excluding carboxylic acids is 2. The number of amides is 2. The first kappa shape index (κ1) is 20.3. The van der Waals surface area contributed by atoms with Crippen molar-refractivity contribution in [3.8, 4) is 5.75 Å². The maximum absolute atomic E-state index is 12.6. The number of hydrogen-bond donors (Lipinski definition) is 2. The summed E-state index contributed by atoms with van der Waals surface area (Å²) in [5.41, 5.74) is 1.72. The zero-order valence-electron chi connectivity index (χ0n) is 14.6. The third kappa shape index (κ3) is 5.80. The molecule has 2 amide bonds. The molecule has 0 bridgehead atoms. The van der Waals surface area contributed by atoms with Crippen LogP contribution in [0.3, 0.4) is 0 Å². The van der Waals surface area contributed by atoms with Gasteiger partial charge in [-0.1, -0.05) is 28.1 Å². The summed E-state index contributed by atoms with van der Waals surface area (Å²) in [6.45, 7) is -0.204. The minimum atomic E-state index is -0.310. The summed E-state index contributed by atoms with van der Waals surface area (Å²) >= 11 is 5.55. The van der Waals surface area contributed by atoms with E-state index < -0.39 is 0 Å². The van der Waals surface area contributed by atoms with Crippen LogP contribution in [0, 0.1) is 3.57 Å². The van der Waals surface area contributed by atoms with Crippen molar-refractivity contribution in [2.45, 2.75) is 0 Å². The summed E-state index contributed by atoms with van der Waals surface area (Å²) < 4.78 is 7.59. The fourth-order valence-corrected chi connectivity index (χ4v) is 3.01. The third-order valence-corrected chi connectivity index (χ3v) is 4.97. The summed E-state index contributed by atoms with van der Waals surface area (Å²) in [5, 5.41) is 5.58. The molecule has 0 spiro atoms. The molecule has 3 aromatic rings. The monoisotopic (exact) mass is 550 g/mol. The molecule has 0 aliphatic rings. The van der Waals surface area contributed by atoms with Gasteiger partial charge in [-0.2, -0.15) is 0 Å². The lowest BCUT2D eigenvalue weighted by atomic mass is 10.2. The fourth-order valence-electron chi connectivity index (χ4n) is 2.39. The van der Waals surface area contributed by atoms with Gasteiger partial charge in [0.2, 0.25) is 0 Å². The summed E-state index contributed by atoms with van der Waals surface area (Å²) in [4.78, 5) is 24.7. The zero-order chi connectivity index (χ0) is 19.9. The lowest BCUT2D eigenvalue weighted by molar-refractivity contribution is -0.118. The third-order valence-electron chi connectivity index (χ3n) is 3.72. The smallest absolute Gasteiger partial charge is 0.262 e. The number of benzene rings is 3. The minimum Gasteiger partial charge on any atom is -0.483 e. The number of rotatable bonds is 6. The van der Waals surface area contributed by atoms with Crippen molar-refractivity contribution in [1.29, 1.82) is 0 Å². The van der Waals surface area contributed by atoms with Crippen molar-refractivity contribution < 1.29 is 14.3 Å². The van der Waals surface area contributed by atoms with E-state index in [9.17, 15) is 9.59 Å².